The van der Waals surface area contributed by atoms with Gasteiger partial charge in [0.1, 0.15) is 6.04 Å². The third kappa shape index (κ3) is 2.68. The van der Waals surface area contributed by atoms with Crippen molar-refractivity contribution in [3.05, 3.63) is 0 Å². The maximum Gasteiger partial charge on any atom is 0.326 e. The van der Waals surface area contributed by atoms with Gasteiger partial charge in [0.15, 0.2) is 0 Å². The van der Waals surface area contributed by atoms with Crippen molar-refractivity contribution in [2.75, 3.05) is 6.54 Å². The third-order valence-electron chi connectivity index (χ3n) is 2.60. The molecule has 0 aromatic rings. The number of carbonyl (C=O) groups excluding carboxylic acids is 1. The maximum absolute atomic E-state index is 11.9. The average Bonchev–Trinajstić information content (AvgIpc) is 2.15. The van der Waals surface area contributed by atoms with Gasteiger partial charge in [-0.05, 0) is 33.1 Å². The van der Waals surface area contributed by atoms with E-state index in [9.17, 15) is 9.59 Å². The van der Waals surface area contributed by atoms with Crippen LogP contribution in [0.5, 0.6) is 0 Å². The number of piperidine rings is 1. The number of hydrogen-bond acceptors (Lipinski definition) is 3. The Balaban J connectivity index is 2.81. The Morgan fingerprint density at radius 2 is 2.00 bits per heavy atom. The van der Waals surface area contributed by atoms with Crippen LogP contribution in [-0.4, -0.2) is 40.0 Å². The molecule has 15 heavy (non-hydrogen) atoms. The van der Waals surface area contributed by atoms with Gasteiger partial charge in [0.2, 0.25) is 5.91 Å². The van der Waals surface area contributed by atoms with Gasteiger partial charge in [-0.15, -0.1) is 0 Å². The Morgan fingerprint density at radius 1 is 1.40 bits per heavy atom. The SMILES string of the molecule is CC(C)(N)C(=O)N1CCCC[C@@H]1C(=O)O. The lowest BCUT2D eigenvalue weighted by Gasteiger charge is -2.36. The maximum atomic E-state index is 11.9. The van der Waals surface area contributed by atoms with Gasteiger partial charge < -0.3 is 15.7 Å². The van der Waals surface area contributed by atoms with Crippen LogP contribution in [-0.2, 0) is 9.59 Å². The van der Waals surface area contributed by atoms with Crippen LogP contribution in [0.25, 0.3) is 0 Å². The molecule has 1 fully saturated rings. The number of likely N-dealkylation sites (tertiary alicyclic amines) is 1. The Labute approximate surface area is 89.2 Å². The molecule has 1 aliphatic heterocycles. The van der Waals surface area contributed by atoms with E-state index >= 15 is 0 Å². The van der Waals surface area contributed by atoms with Crippen LogP contribution in [0.15, 0.2) is 0 Å². The van der Waals surface area contributed by atoms with Crippen LogP contribution in [0.4, 0.5) is 0 Å². The van der Waals surface area contributed by atoms with Crippen molar-refractivity contribution < 1.29 is 14.7 Å². The molecule has 1 rings (SSSR count). The fraction of sp³-hybridized carbons (Fsp3) is 0.800. The molecule has 0 unspecified atom stereocenters. The minimum Gasteiger partial charge on any atom is -0.480 e. The van der Waals surface area contributed by atoms with E-state index in [1.807, 2.05) is 0 Å². The molecule has 0 bridgehead atoms. The molecule has 1 atom stereocenters. The first-order valence-corrected chi connectivity index (χ1v) is 5.17. The summed E-state index contributed by atoms with van der Waals surface area (Å²) in [6.07, 6.45) is 2.23. The van der Waals surface area contributed by atoms with E-state index < -0.39 is 17.6 Å². The number of aliphatic carboxylic acids is 1. The summed E-state index contributed by atoms with van der Waals surface area (Å²) in [5.74, 6) is -1.22. The summed E-state index contributed by atoms with van der Waals surface area (Å²) in [5.41, 5.74) is 4.69. The molecule has 3 N–H and O–H groups in total. The van der Waals surface area contributed by atoms with E-state index in [1.54, 1.807) is 13.8 Å². The molecule has 1 heterocycles. The van der Waals surface area contributed by atoms with Gasteiger partial charge in [0.25, 0.3) is 0 Å². The quantitative estimate of drug-likeness (QED) is 0.687. The number of hydrogen-bond donors (Lipinski definition) is 2. The molecule has 1 saturated heterocycles. The normalized spacial score (nSPS) is 22.6. The summed E-state index contributed by atoms with van der Waals surface area (Å²) in [4.78, 5) is 24.2. The monoisotopic (exact) mass is 214 g/mol. The number of carboxylic acid groups (broad SMARTS) is 1. The number of carboxylic acids is 1. The summed E-state index contributed by atoms with van der Waals surface area (Å²) >= 11 is 0. The van der Waals surface area contributed by atoms with Crippen LogP contribution in [0.1, 0.15) is 33.1 Å². The molecular formula is C10H18N2O3. The lowest BCUT2D eigenvalue weighted by molar-refractivity contribution is -0.154. The Morgan fingerprint density at radius 3 is 2.47 bits per heavy atom. The van der Waals surface area contributed by atoms with Crippen molar-refractivity contribution >= 4 is 11.9 Å². The van der Waals surface area contributed by atoms with Crippen LogP contribution in [0.3, 0.4) is 0 Å². The van der Waals surface area contributed by atoms with Crippen LogP contribution >= 0.6 is 0 Å². The predicted octanol–water partition coefficient (Wildman–Crippen LogP) is 0.189. The van der Waals surface area contributed by atoms with Crippen LogP contribution < -0.4 is 5.73 Å². The lowest BCUT2D eigenvalue weighted by atomic mass is 9.97. The summed E-state index contributed by atoms with van der Waals surface area (Å²) in [6.45, 7) is 3.70. The molecule has 0 spiro atoms. The van der Waals surface area contributed by atoms with E-state index in [0.717, 1.165) is 12.8 Å². The second-order valence-electron chi connectivity index (χ2n) is 4.57. The van der Waals surface area contributed by atoms with Gasteiger partial charge in [-0.3, -0.25) is 4.79 Å². The second-order valence-corrected chi connectivity index (χ2v) is 4.57. The summed E-state index contributed by atoms with van der Waals surface area (Å²) in [5, 5.41) is 8.99. The van der Waals surface area contributed by atoms with Gasteiger partial charge in [-0.1, -0.05) is 0 Å². The fourth-order valence-corrected chi connectivity index (χ4v) is 1.80. The van der Waals surface area contributed by atoms with E-state index in [1.165, 1.54) is 4.90 Å². The topological polar surface area (TPSA) is 83.6 Å². The van der Waals surface area contributed by atoms with Crippen molar-refractivity contribution in [2.24, 2.45) is 5.73 Å². The van der Waals surface area contributed by atoms with Crippen LogP contribution in [0, 0.1) is 0 Å². The molecule has 0 aliphatic carbocycles. The highest BCUT2D eigenvalue weighted by Gasteiger charge is 2.37. The van der Waals surface area contributed by atoms with Gasteiger partial charge >= 0.3 is 5.97 Å². The summed E-state index contributed by atoms with van der Waals surface area (Å²) < 4.78 is 0. The minimum atomic E-state index is -0.995. The molecule has 5 nitrogen and oxygen atoms in total. The molecule has 0 aromatic heterocycles. The smallest absolute Gasteiger partial charge is 0.326 e. The van der Waals surface area contributed by atoms with Gasteiger partial charge in [-0.25, -0.2) is 4.79 Å². The van der Waals surface area contributed by atoms with Crippen molar-refractivity contribution in [1.29, 1.82) is 0 Å². The van der Waals surface area contributed by atoms with Crippen molar-refractivity contribution in [2.45, 2.75) is 44.7 Å². The highest BCUT2D eigenvalue weighted by molar-refractivity contribution is 5.89. The second kappa shape index (κ2) is 4.18. The van der Waals surface area contributed by atoms with E-state index in [-0.39, 0.29) is 5.91 Å². The number of carbonyl (C=O) groups is 2. The zero-order valence-electron chi connectivity index (χ0n) is 9.19. The number of amides is 1. The zero-order valence-corrected chi connectivity index (χ0v) is 9.19. The lowest BCUT2D eigenvalue weighted by Crippen LogP contribution is -2.57. The molecule has 1 amide bonds. The standard InChI is InChI=1S/C10H18N2O3/c1-10(2,11)9(15)12-6-4-3-5-7(12)8(13)14/h7H,3-6,11H2,1-2H3,(H,13,14)/t7-/m1/s1. The van der Waals surface area contributed by atoms with Gasteiger partial charge in [-0.2, -0.15) is 0 Å². The van der Waals surface area contributed by atoms with Gasteiger partial charge in [0.05, 0.1) is 5.54 Å². The van der Waals surface area contributed by atoms with Gasteiger partial charge in [0, 0.05) is 6.54 Å². The Kier molecular flexibility index (Phi) is 3.34. The number of nitrogens with two attached hydrogens (primary N) is 1. The summed E-state index contributed by atoms with van der Waals surface area (Å²) in [7, 11) is 0. The van der Waals surface area contributed by atoms with Crippen molar-refractivity contribution in [3.8, 4) is 0 Å². The molecule has 1 aliphatic rings. The summed E-state index contributed by atoms with van der Waals surface area (Å²) in [6, 6.07) is -0.700. The largest absolute Gasteiger partial charge is 0.480 e. The fourth-order valence-electron chi connectivity index (χ4n) is 1.80. The first kappa shape index (κ1) is 12.0. The average molecular weight is 214 g/mol. The Bertz CT molecular complexity index is 270. The zero-order chi connectivity index (χ0) is 11.6. The predicted molar refractivity (Wildman–Crippen MR) is 55.3 cm³/mol. The molecule has 5 heteroatoms. The van der Waals surface area contributed by atoms with E-state index in [4.69, 9.17) is 10.8 Å². The molecular weight excluding hydrogens is 196 g/mol. The molecule has 0 radical (unpaired) electrons. The number of rotatable bonds is 2. The number of nitrogens with zero attached hydrogens (tertiary/aromatic N) is 1. The Hall–Kier alpha value is -1.10. The highest BCUT2D eigenvalue weighted by atomic mass is 16.4. The molecule has 0 aromatic carbocycles. The molecule has 86 valence electrons. The third-order valence-corrected chi connectivity index (χ3v) is 2.60. The van der Waals surface area contributed by atoms with E-state index in [0.29, 0.717) is 13.0 Å². The highest BCUT2D eigenvalue weighted by Crippen LogP contribution is 2.20. The minimum absolute atomic E-state index is 0.283. The first-order valence-electron chi connectivity index (χ1n) is 5.17. The van der Waals surface area contributed by atoms with Crippen molar-refractivity contribution in [1.82, 2.24) is 4.90 Å². The van der Waals surface area contributed by atoms with Crippen LogP contribution in [0.2, 0.25) is 0 Å². The molecule has 0 saturated carbocycles. The van der Waals surface area contributed by atoms with Crippen molar-refractivity contribution in [3.63, 3.8) is 0 Å². The van der Waals surface area contributed by atoms with E-state index in [2.05, 4.69) is 0 Å². The first-order chi connectivity index (χ1) is 6.84.